The monoisotopic (exact) mass is 310 g/mol. The highest BCUT2D eigenvalue weighted by molar-refractivity contribution is 7.13. The number of carbonyl (C=O) groups excluding carboxylic acids is 1. The Bertz CT molecular complexity index is 458. The maximum atomic E-state index is 12.0. The van der Waals surface area contributed by atoms with Crippen LogP contribution in [-0.2, 0) is 14.9 Å². The van der Waals surface area contributed by atoms with Gasteiger partial charge in [0.05, 0.1) is 18.7 Å². The van der Waals surface area contributed by atoms with Gasteiger partial charge in [-0.3, -0.25) is 4.79 Å². The van der Waals surface area contributed by atoms with Crippen LogP contribution in [-0.4, -0.2) is 30.3 Å². The largest absolute Gasteiger partial charge is 0.465 e. The van der Waals surface area contributed by atoms with Crippen LogP contribution in [0.5, 0.6) is 0 Å². The van der Waals surface area contributed by atoms with Crippen LogP contribution in [0.25, 0.3) is 0 Å². The van der Waals surface area contributed by atoms with E-state index >= 15 is 0 Å². The Morgan fingerprint density at radius 1 is 1.45 bits per heavy atom. The molecular formula is C12H17F3N2O2S. The molecule has 0 saturated heterocycles. The van der Waals surface area contributed by atoms with Crippen molar-refractivity contribution in [1.82, 2.24) is 4.98 Å². The average molecular weight is 310 g/mol. The van der Waals surface area contributed by atoms with Crippen LogP contribution in [0.3, 0.4) is 0 Å². The SMILES string of the molecule is CCOC(=O)C(C)(C)c1csc(NCCC(F)(F)F)n1. The second kappa shape index (κ2) is 6.43. The molecule has 1 aromatic rings. The lowest BCUT2D eigenvalue weighted by Gasteiger charge is -2.19. The molecule has 0 aromatic carbocycles. The van der Waals surface area contributed by atoms with E-state index in [-0.39, 0.29) is 13.2 Å². The number of carbonyl (C=O) groups is 1. The number of thiazole rings is 1. The van der Waals surface area contributed by atoms with E-state index in [4.69, 9.17) is 4.74 Å². The molecule has 1 aromatic heterocycles. The van der Waals surface area contributed by atoms with Crippen LogP contribution in [0.1, 0.15) is 32.9 Å². The third kappa shape index (κ3) is 4.66. The standard InChI is InChI=1S/C12H17F3N2O2S/c1-4-19-9(18)11(2,3)8-7-20-10(17-8)16-6-5-12(13,14)15/h7H,4-6H2,1-3H3,(H,16,17). The highest BCUT2D eigenvalue weighted by Crippen LogP contribution is 2.28. The molecule has 1 N–H and O–H groups in total. The number of rotatable bonds is 6. The van der Waals surface area contributed by atoms with Crippen LogP contribution in [0.4, 0.5) is 18.3 Å². The van der Waals surface area contributed by atoms with E-state index in [9.17, 15) is 18.0 Å². The van der Waals surface area contributed by atoms with Gasteiger partial charge in [-0.2, -0.15) is 13.2 Å². The molecule has 8 heteroatoms. The summed E-state index contributed by atoms with van der Waals surface area (Å²) in [4.78, 5) is 15.9. The summed E-state index contributed by atoms with van der Waals surface area (Å²) >= 11 is 1.17. The number of nitrogens with one attached hydrogen (secondary N) is 1. The number of hydrogen-bond donors (Lipinski definition) is 1. The molecule has 0 amide bonds. The summed E-state index contributed by atoms with van der Waals surface area (Å²) in [6.07, 6.45) is -5.12. The van der Waals surface area contributed by atoms with Crippen molar-refractivity contribution in [2.45, 2.75) is 38.8 Å². The normalized spacial score (nSPS) is 12.3. The number of esters is 1. The van der Waals surface area contributed by atoms with Crippen molar-refractivity contribution >= 4 is 22.4 Å². The summed E-state index contributed by atoms with van der Waals surface area (Å²) in [7, 11) is 0. The van der Waals surface area contributed by atoms with Gasteiger partial charge in [0.25, 0.3) is 0 Å². The van der Waals surface area contributed by atoms with Gasteiger partial charge in [-0.05, 0) is 20.8 Å². The van der Waals surface area contributed by atoms with Crippen LogP contribution in [0, 0.1) is 0 Å². The Hall–Kier alpha value is -1.31. The van der Waals surface area contributed by atoms with Crippen molar-refractivity contribution in [3.05, 3.63) is 11.1 Å². The number of ether oxygens (including phenoxy) is 1. The summed E-state index contributed by atoms with van der Waals surface area (Å²) < 4.78 is 41.0. The Balaban J connectivity index is 2.65. The van der Waals surface area contributed by atoms with Crippen LogP contribution in [0.2, 0.25) is 0 Å². The Kier molecular flexibility index (Phi) is 5.38. The Morgan fingerprint density at radius 2 is 2.10 bits per heavy atom. The van der Waals surface area contributed by atoms with Gasteiger partial charge >= 0.3 is 12.1 Å². The summed E-state index contributed by atoms with van der Waals surface area (Å²) in [5, 5.41) is 4.61. The minimum Gasteiger partial charge on any atom is -0.465 e. The second-order valence-corrected chi connectivity index (χ2v) is 5.53. The fraction of sp³-hybridized carbons (Fsp3) is 0.667. The van der Waals surface area contributed by atoms with E-state index in [1.165, 1.54) is 11.3 Å². The van der Waals surface area contributed by atoms with Crippen LogP contribution in [0.15, 0.2) is 5.38 Å². The summed E-state index contributed by atoms with van der Waals surface area (Å²) in [5.74, 6) is -0.410. The second-order valence-electron chi connectivity index (χ2n) is 4.68. The Morgan fingerprint density at radius 3 is 2.65 bits per heavy atom. The lowest BCUT2D eigenvalue weighted by molar-refractivity contribution is -0.148. The van der Waals surface area contributed by atoms with Gasteiger partial charge in [0, 0.05) is 11.9 Å². The number of alkyl halides is 3. The van der Waals surface area contributed by atoms with Crippen molar-refractivity contribution in [2.75, 3.05) is 18.5 Å². The van der Waals surface area contributed by atoms with E-state index in [1.54, 1.807) is 26.2 Å². The van der Waals surface area contributed by atoms with Gasteiger partial charge in [0.2, 0.25) is 0 Å². The van der Waals surface area contributed by atoms with Crippen LogP contribution >= 0.6 is 11.3 Å². The quantitative estimate of drug-likeness (QED) is 0.819. The number of aromatic nitrogens is 1. The first kappa shape index (κ1) is 16.7. The zero-order valence-electron chi connectivity index (χ0n) is 11.5. The van der Waals surface area contributed by atoms with Gasteiger partial charge in [-0.1, -0.05) is 0 Å². The maximum Gasteiger partial charge on any atom is 0.390 e. The van der Waals surface area contributed by atoms with Crippen LogP contribution < -0.4 is 5.32 Å². The van der Waals surface area contributed by atoms with Gasteiger partial charge < -0.3 is 10.1 Å². The average Bonchev–Trinajstić information content (AvgIpc) is 2.77. The fourth-order valence-corrected chi connectivity index (χ4v) is 2.28. The molecule has 4 nitrogen and oxygen atoms in total. The smallest absolute Gasteiger partial charge is 0.390 e. The fourth-order valence-electron chi connectivity index (χ4n) is 1.37. The molecular weight excluding hydrogens is 293 g/mol. The van der Waals surface area contributed by atoms with E-state index < -0.39 is 24.0 Å². The molecule has 0 radical (unpaired) electrons. The van der Waals surface area contributed by atoms with E-state index in [0.29, 0.717) is 10.8 Å². The molecule has 0 unspecified atom stereocenters. The highest BCUT2D eigenvalue weighted by atomic mass is 32.1. The van der Waals surface area contributed by atoms with Crippen molar-refractivity contribution in [2.24, 2.45) is 0 Å². The molecule has 0 aliphatic carbocycles. The molecule has 20 heavy (non-hydrogen) atoms. The van der Waals surface area contributed by atoms with Gasteiger partial charge in [0.1, 0.15) is 5.41 Å². The molecule has 0 spiro atoms. The third-order valence-corrected chi connectivity index (χ3v) is 3.41. The number of nitrogens with zero attached hydrogens (tertiary/aromatic N) is 1. The molecule has 0 fully saturated rings. The first-order valence-electron chi connectivity index (χ1n) is 6.10. The molecule has 114 valence electrons. The summed E-state index contributed by atoms with van der Waals surface area (Å²) in [5.41, 5.74) is -0.438. The minimum atomic E-state index is -4.20. The van der Waals surface area contributed by atoms with Gasteiger partial charge in [-0.15, -0.1) is 11.3 Å². The highest BCUT2D eigenvalue weighted by Gasteiger charge is 2.34. The molecule has 1 heterocycles. The van der Waals surface area contributed by atoms with Crippen molar-refractivity contribution in [3.8, 4) is 0 Å². The van der Waals surface area contributed by atoms with Gasteiger partial charge in [0.15, 0.2) is 5.13 Å². The predicted molar refractivity (Wildman–Crippen MR) is 70.9 cm³/mol. The summed E-state index contributed by atoms with van der Waals surface area (Å²) in [6.45, 7) is 5.07. The zero-order valence-corrected chi connectivity index (χ0v) is 12.3. The summed E-state index contributed by atoms with van der Waals surface area (Å²) in [6, 6.07) is 0. The lowest BCUT2D eigenvalue weighted by Crippen LogP contribution is -2.31. The van der Waals surface area contributed by atoms with Crippen molar-refractivity contribution in [1.29, 1.82) is 0 Å². The molecule has 0 aliphatic rings. The third-order valence-electron chi connectivity index (χ3n) is 2.61. The van der Waals surface area contributed by atoms with E-state index in [0.717, 1.165) is 0 Å². The zero-order chi connectivity index (χ0) is 15.4. The number of hydrogen-bond acceptors (Lipinski definition) is 5. The topological polar surface area (TPSA) is 51.2 Å². The number of anilines is 1. The molecule has 0 atom stereocenters. The molecule has 0 aliphatic heterocycles. The van der Waals surface area contributed by atoms with E-state index in [2.05, 4.69) is 10.3 Å². The van der Waals surface area contributed by atoms with E-state index in [1.807, 2.05) is 0 Å². The molecule has 1 rings (SSSR count). The minimum absolute atomic E-state index is 0.240. The lowest BCUT2D eigenvalue weighted by atomic mass is 9.90. The Labute approximate surface area is 119 Å². The van der Waals surface area contributed by atoms with Crippen molar-refractivity contribution < 1.29 is 22.7 Å². The van der Waals surface area contributed by atoms with Crippen molar-refractivity contribution in [3.63, 3.8) is 0 Å². The predicted octanol–water partition coefficient (Wildman–Crippen LogP) is 3.35. The first-order chi connectivity index (χ1) is 9.16. The molecule has 0 saturated carbocycles. The maximum absolute atomic E-state index is 12.0. The molecule has 0 bridgehead atoms. The first-order valence-corrected chi connectivity index (χ1v) is 6.98. The van der Waals surface area contributed by atoms with Gasteiger partial charge in [-0.25, -0.2) is 4.98 Å². The number of halogens is 3.